The van der Waals surface area contributed by atoms with Gasteiger partial charge in [0.05, 0.1) is 8.07 Å². The standard InChI is InChI=1S/C35H29FNS.C17H22NSi.Ir/c1-35(2,24-11-4-5-12-24)25-17-18-37-31(21-25)28-15-8-16-29-33-30(36)19-23(20-32(33)38-34(28)29)27-14-7-10-22-9-3-6-13-26(22)27;1-13(2)15-11-16(14-9-7-6-8-10-14)18-12-17(15)19(3,4)5;/h3,6-10,13-14,16-21,24H,4-5,11-12H2,1-2H3;6-9,11-13H,1-5H3;/q2*-1;. The average Bonchev–Trinajstić information content (AvgIpc) is 3.91. The molecule has 3 aromatic heterocycles. The molecule has 3 heterocycles. The fraction of sp³-hybridized carbons (Fsp3) is 0.269. The summed E-state index contributed by atoms with van der Waals surface area (Å²) in [5.41, 5.74) is 8.81. The van der Waals surface area contributed by atoms with Crippen molar-refractivity contribution in [2.24, 2.45) is 5.92 Å². The minimum absolute atomic E-state index is 0. The molecule has 1 radical (unpaired) electrons. The maximum absolute atomic E-state index is 15.8. The second-order valence-electron chi connectivity index (χ2n) is 17.5. The summed E-state index contributed by atoms with van der Waals surface area (Å²) >= 11 is 1.64. The normalized spacial score (nSPS) is 13.5. The Bertz CT molecular complexity index is 2700. The van der Waals surface area contributed by atoms with Gasteiger partial charge in [-0.05, 0) is 97.0 Å². The fourth-order valence-electron chi connectivity index (χ4n) is 8.77. The van der Waals surface area contributed by atoms with Gasteiger partial charge in [0, 0.05) is 42.6 Å². The molecule has 0 N–H and O–H groups in total. The smallest absolute Gasteiger partial charge is 0.131 e. The van der Waals surface area contributed by atoms with Crippen molar-refractivity contribution in [2.45, 2.75) is 84.4 Å². The molecule has 0 amide bonds. The largest absolute Gasteiger partial charge is 0.305 e. The van der Waals surface area contributed by atoms with Crippen LogP contribution in [0.25, 0.3) is 64.6 Å². The quantitative estimate of drug-likeness (QED) is 0.117. The van der Waals surface area contributed by atoms with E-state index < -0.39 is 8.07 Å². The van der Waals surface area contributed by atoms with E-state index >= 15 is 4.39 Å². The van der Waals surface area contributed by atoms with Crippen LogP contribution in [0.3, 0.4) is 0 Å². The van der Waals surface area contributed by atoms with Gasteiger partial charge in [-0.2, -0.15) is 11.3 Å². The summed E-state index contributed by atoms with van der Waals surface area (Å²) in [5.74, 6) is 1.05. The average molecular weight is 975 g/mol. The van der Waals surface area contributed by atoms with Crippen molar-refractivity contribution < 1.29 is 24.5 Å². The van der Waals surface area contributed by atoms with Crippen molar-refractivity contribution >= 4 is 55.5 Å². The van der Waals surface area contributed by atoms with E-state index in [4.69, 9.17) is 4.98 Å². The Morgan fingerprint density at radius 3 is 2.29 bits per heavy atom. The predicted molar refractivity (Wildman–Crippen MR) is 245 cm³/mol. The predicted octanol–water partition coefficient (Wildman–Crippen LogP) is 14.6. The first kappa shape index (κ1) is 41.8. The number of hydrogen-bond donors (Lipinski definition) is 0. The number of aromatic nitrogens is 2. The van der Waals surface area contributed by atoms with Crippen LogP contribution in [0.5, 0.6) is 0 Å². The van der Waals surface area contributed by atoms with Gasteiger partial charge < -0.3 is 9.97 Å². The third kappa shape index (κ3) is 8.27. The molecule has 0 aliphatic heterocycles. The minimum atomic E-state index is -1.34. The summed E-state index contributed by atoms with van der Waals surface area (Å²) in [4.78, 5) is 9.44. The number of pyridine rings is 2. The van der Waals surface area contributed by atoms with Gasteiger partial charge in [0.15, 0.2) is 0 Å². The van der Waals surface area contributed by atoms with Crippen LogP contribution < -0.4 is 5.19 Å². The Labute approximate surface area is 362 Å². The van der Waals surface area contributed by atoms with Crippen LogP contribution in [0.4, 0.5) is 4.39 Å². The number of fused-ring (bicyclic) bond motifs is 4. The molecular weight excluding hydrogens is 924 g/mol. The molecule has 58 heavy (non-hydrogen) atoms. The Balaban J connectivity index is 0.000000217. The molecule has 1 aliphatic rings. The fourth-order valence-corrected chi connectivity index (χ4v) is 11.7. The molecule has 0 spiro atoms. The van der Waals surface area contributed by atoms with Crippen LogP contribution in [-0.2, 0) is 25.5 Å². The third-order valence-electron chi connectivity index (χ3n) is 12.1. The first-order chi connectivity index (χ1) is 27.4. The van der Waals surface area contributed by atoms with Gasteiger partial charge in [-0.1, -0.05) is 126 Å². The van der Waals surface area contributed by atoms with Gasteiger partial charge in [-0.3, -0.25) is 0 Å². The second-order valence-corrected chi connectivity index (χ2v) is 23.6. The molecule has 0 bridgehead atoms. The Morgan fingerprint density at radius 2 is 1.55 bits per heavy atom. The van der Waals surface area contributed by atoms with Crippen molar-refractivity contribution in [3.8, 4) is 33.6 Å². The van der Waals surface area contributed by atoms with Gasteiger partial charge in [-0.25, -0.2) is 4.39 Å². The van der Waals surface area contributed by atoms with Crippen LogP contribution in [0.15, 0.2) is 122 Å². The van der Waals surface area contributed by atoms with E-state index in [1.165, 1.54) is 42.0 Å². The molecule has 9 rings (SSSR count). The van der Waals surface area contributed by atoms with Crippen molar-refractivity contribution in [2.75, 3.05) is 0 Å². The van der Waals surface area contributed by atoms with Gasteiger partial charge in [0.1, 0.15) is 5.82 Å². The number of benzene rings is 5. The van der Waals surface area contributed by atoms with E-state index in [1.54, 1.807) is 17.4 Å². The van der Waals surface area contributed by atoms with Crippen molar-refractivity contribution in [3.05, 3.63) is 151 Å². The molecule has 0 unspecified atom stereocenters. The molecule has 2 nitrogen and oxygen atoms in total. The number of halogens is 1. The second kappa shape index (κ2) is 17.1. The molecule has 1 fully saturated rings. The number of thiophene rings is 1. The van der Waals surface area contributed by atoms with Crippen LogP contribution in [0.2, 0.25) is 19.6 Å². The Kier molecular flexibility index (Phi) is 12.3. The maximum Gasteiger partial charge on any atom is 0.131 e. The number of hydrogen-bond acceptors (Lipinski definition) is 3. The monoisotopic (exact) mass is 975 g/mol. The van der Waals surface area contributed by atoms with E-state index in [0.717, 1.165) is 59.2 Å². The molecule has 1 saturated carbocycles. The molecule has 8 aromatic rings. The van der Waals surface area contributed by atoms with Crippen LogP contribution >= 0.6 is 11.3 Å². The summed E-state index contributed by atoms with van der Waals surface area (Å²) in [6.45, 7) is 16.4. The van der Waals surface area contributed by atoms with E-state index in [2.05, 4.69) is 125 Å². The SMILES string of the molecule is CC(C)(c1ccnc(-c2[c-]ccc3c2sc2cc(-c4cccc5ccccc45)cc(F)c23)c1)C1CCCC1.CC(C)c1cc(-c2[c-]cccc2)ncc1[Si](C)(C)C.[Ir]. The van der Waals surface area contributed by atoms with Crippen LogP contribution in [0.1, 0.15) is 70.4 Å². The van der Waals surface area contributed by atoms with Crippen LogP contribution in [0, 0.1) is 23.9 Å². The molecule has 1 aliphatic carbocycles. The Morgan fingerprint density at radius 1 is 0.793 bits per heavy atom. The summed E-state index contributed by atoms with van der Waals surface area (Å²) < 4.78 is 17.8. The van der Waals surface area contributed by atoms with Gasteiger partial charge in [-0.15, -0.1) is 59.7 Å². The summed E-state index contributed by atoms with van der Waals surface area (Å²) in [6, 6.07) is 43.7. The molecule has 5 aromatic carbocycles. The zero-order valence-electron chi connectivity index (χ0n) is 34.5. The van der Waals surface area contributed by atoms with Crippen molar-refractivity contribution in [1.82, 2.24) is 9.97 Å². The van der Waals surface area contributed by atoms with Crippen molar-refractivity contribution in [3.63, 3.8) is 0 Å². The van der Waals surface area contributed by atoms with E-state index in [-0.39, 0.29) is 31.3 Å². The minimum Gasteiger partial charge on any atom is -0.305 e. The zero-order chi connectivity index (χ0) is 39.9. The number of nitrogens with zero attached hydrogens (tertiary/aromatic N) is 2. The third-order valence-corrected chi connectivity index (χ3v) is 15.3. The van der Waals surface area contributed by atoms with Crippen molar-refractivity contribution in [1.29, 1.82) is 0 Å². The molecular formula is C52H51FIrN2SSi-2. The number of rotatable bonds is 7. The zero-order valence-corrected chi connectivity index (χ0v) is 38.8. The molecule has 297 valence electrons. The van der Waals surface area contributed by atoms with Gasteiger partial charge in [0.2, 0.25) is 0 Å². The van der Waals surface area contributed by atoms with E-state index in [1.807, 2.05) is 54.7 Å². The van der Waals surface area contributed by atoms with Gasteiger partial charge >= 0.3 is 0 Å². The Hall–Kier alpha value is -4.32. The first-order valence-electron chi connectivity index (χ1n) is 20.4. The molecule has 0 atom stereocenters. The van der Waals surface area contributed by atoms with Crippen LogP contribution in [-0.4, -0.2) is 18.0 Å². The first-order valence-corrected chi connectivity index (χ1v) is 24.7. The summed E-state index contributed by atoms with van der Waals surface area (Å²) in [7, 11) is -1.34. The summed E-state index contributed by atoms with van der Waals surface area (Å²) in [6.07, 6.45) is 9.26. The van der Waals surface area contributed by atoms with E-state index in [9.17, 15) is 0 Å². The molecule has 6 heteroatoms. The van der Waals surface area contributed by atoms with E-state index in [0.29, 0.717) is 17.2 Å². The summed E-state index contributed by atoms with van der Waals surface area (Å²) in [5, 5.41) is 5.39. The topological polar surface area (TPSA) is 25.8 Å². The van der Waals surface area contributed by atoms with Gasteiger partial charge in [0.25, 0.3) is 0 Å². The molecule has 0 saturated heterocycles. The maximum atomic E-state index is 15.8.